The first-order chi connectivity index (χ1) is 10.1. The fourth-order valence-electron chi connectivity index (χ4n) is 2.14. The standard InChI is InChI=1S/C16H20N2O2S/c1-3-16(2,17)15-18-12(10-21-15)11-5-6-13-14(9-11)20-8-4-7-19-13/h5-6,9-10H,3-4,7-8,17H2,1-2H3. The second-order valence-corrected chi connectivity index (χ2v) is 6.38. The maximum absolute atomic E-state index is 6.26. The Labute approximate surface area is 128 Å². The minimum atomic E-state index is -0.367. The minimum Gasteiger partial charge on any atom is -0.490 e. The molecule has 0 spiro atoms. The molecule has 1 aliphatic heterocycles. The van der Waals surface area contributed by atoms with Crippen molar-refractivity contribution in [1.29, 1.82) is 0 Å². The van der Waals surface area contributed by atoms with Crippen molar-refractivity contribution in [1.82, 2.24) is 4.98 Å². The number of benzene rings is 1. The molecule has 1 unspecified atom stereocenters. The summed E-state index contributed by atoms with van der Waals surface area (Å²) in [5.74, 6) is 1.61. The minimum absolute atomic E-state index is 0.367. The van der Waals surface area contributed by atoms with Crippen molar-refractivity contribution in [2.24, 2.45) is 5.73 Å². The predicted molar refractivity (Wildman–Crippen MR) is 85.0 cm³/mol. The zero-order valence-corrected chi connectivity index (χ0v) is 13.2. The van der Waals surface area contributed by atoms with Gasteiger partial charge in [-0.1, -0.05) is 6.92 Å². The summed E-state index contributed by atoms with van der Waals surface area (Å²) in [7, 11) is 0. The van der Waals surface area contributed by atoms with Gasteiger partial charge in [-0.3, -0.25) is 0 Å². The predicted octanol–water partition coefficient (Wildman–Crippen LogP) is 3.56. The molecular weight excluding hydrogens is 284 g/mol. The molecule has 1 aromatic carbocycles. The fourth-order valence-corrected chi connectivity index (χ4v) is 3.12. The third-order valence-corrected chi connectivity index (χ3v) is 4.89. The molecule has 0 radical (unpaired) electrons. The molecule has 0 bridgehead atoms. The van der Waals surface area contributed by atoms with E-state index in [9.17, 15) is 0 Å². The first kappa shape index (κ1) is 14.4. The van der Waals surface area contributed by atoms with Crippen molar-refractivity contribution < 1.29 is 9.47 Å². The highest BCUT2D eigenvalue weighted by Crippen LogP contribution is 2.35. The second-order valence-electron chi connectivity index (χ2n) is 5.52. The third-order valence-electron chi connectivity index (χ3n) is 3.77. The van der Waals surface area contributed by atoms with E-state index < -0.39 is 0 Å². The molecule has 0 aliphatic carbocycles. The highest BCUT2D eigenvalue weighted by molar-refractivity contribution is 7.10. The summed E-state index contributed by atoms with van der Waals surface area (Å²) in [6.45, 7) is 5.49. The van der Waals surface area contributed by atoms with Gasteiger partial charge in [-0.2, -0.15) is 0 Å². The van der Waals surface area contributed by atoms with Crippen LogP contribution in [0.4, 0.5) is 0 Å². The Kier molecular flexibility index (Phi) is 3.87. The lowest BCUT2D eigenvalue weighted by Crippen LogP contribution is -2.31. The Hall–Kier alpha value is -1.59. The Morgan fingerprint density at radius 1 is 1.29 bits per heavy atom. The molecule has 2 aromatic rings. The number of nitrogens with two attached hydrogens (primary N) is 1. The van der Waals surface area contributed by atoms with E-state index >= 15 is 0 Å². The van der Waals surface area contributed by atoms with Crippen LogP contribution in [0.1, 0.15) is 31.7 Å². The lowest BCUT2D eigenvalue weighted by atomic mass is 10.0. The Morgan fingerprint density at radius 3 is 2.81 bits per heavy atom. The highest BCUT2D eigenvalue weighted by atomic mass is 32.1. The summed E-state index contributed by atoms with van der Waals surface area (Å²) in [5.41, 5.74) is 7.87. The van der Waals surface area contributed by atoms with Crippen LogP contribution >= 0.6 is 11.3 Å². The summed E-state index contributed by atoms with van der Waals surface area (Å²) in [6, 6.07) is 5.97. The van der Waals surface area contributed by atoms with Crippen LogP contribution < -0.4 is 15.2 Å². The molecule has 3 rings (SSSR count). The van der Waals surface area contributed by atoms with Gasteiger partial charge in [0.05, 0.1) is 24.4 Å². The largest absolute Gasteiger partial charge is 0.490 e. The van der Waals surface area contributed by atoms with Crippen LogP contribution in [0.5, 0.6) is 11.5 Å². The van der Waals surface area contributed by atoms with E-state index in [0.717, 1.165) is 40.6 Å². The molecule has 0 fully saturated rings. The molecule has 1 aliphatic rings. The molecule has 4 nitrogen and oxygen atoms in total. The van der Waals surface area contributed by atoms with Crippen LogP contribution in [0.3, 0.4) is 0 Å². The normalized spacial score (nSPS) is 17.1. The monoisotopic (exact) mass is 304 g/mol. The van der Waals surface area contributed by atoms with Crippen molar-refractivity contribution >= 4 is 11.3 Å². The van der Waals surface area contributed by atoms with Crippen LogP contribution in [0, 0.1) is 0 Å². The van der Waals surface area contributed by atoms with Gasteiger partial charge in [-0.15, -0.1) is 11.3 Å². The molecule has 0 saturated carbocycles. The maximum atomic E-state index is 6.26. The maximum Gasteiger partial charge on any atom is 0.161 e. The van der Waals surface area contributed by atoms with Gasteiger partial charge < -0.3 is 15.2 Å². The Bertz CT molecular complexity index is 637. The van der Waals surface area contributed by atoms with Crippen molar-refractivity contribution in [2.75, 3.05) is 13.2 Å². The second kappa shape index (κ2) is 5.66. The van der Waals surface area contributed by atoms with Gasteiger partial charge in [-0.05, 0) is 31.5 Å². The van der Waals surface area contributed by atoms with Gasteiger partial charge in [0, 0.05) is 17.4 Å². The van der Waals surface area contributed by atoms with Crippen molar-refractivity contribution in [3.05, 3.63) is 28.6 Å². The number of rotatable bonds is 3. The molecule has 1 atom stereocenters. The molecule has 0 saturated heterocycles. The van der Waals surface area contributed by atoms with Crippen LogP contribution in [-0.2, 0) is 5.54 Å². The van der Waals surface area contributed by atoms with Crippen molar-refractivity contribution in [2.45, 2.75) is 32.2 Å². The van der Waals surface area contributed by atoms with Gasteiger partial charge in [0.25, 0.3) is 0 Å². The first-order valence-electron chi connectivity index (χ1n) is 7.25. The topological polar surface area (TPSA) is 57.4 Å². The number of nitrogens with zero attached hydrogens (tertiary/aromatic N) is 1. The van der Waals surface area contributed by atoms with Gasteiger partial charge in [0.1, 0.15) is 5.01 Å². The van der Waals surface area contributed by atoms with Gasteiger partial charge in [0.15, 0.2) is 11.5 Å². The average molecular weight is 304 g/mol. The number of fused-ring (bicyclic) bond motifs is 1. The molecular formula is C16H20N2O2S. The smallest absolute Gasteiger partial charge is 0.161 e. The van der Waals surface area contributed by atoms with E-state index in [1.807, 2.05) is 25.1 Å². The summed E-state index contributed by atoms with van der Waals surface area (Å²) < 4.78 is 11.4. The van der Waals surface area contributed by atoms with Gasteiger partial charge in [-0.25, -0.2) is 4.98 Å². The van der Waals surface area contributed by atoms with Gasteiger partial charge in [0.2, 0.25) is 0 Å². The number of hydrogen-bond donors (Lipinski definition) is 1. The lowest BCUT2D eigenvalue weighted by Gasteiger charge is -2.18. The molecule has 0 amide bonds. The van der Waals surface area contributed by atoms with Crippen LogP contribution in [0.15, 0.2) is 23.6 Å². The fraction of sp³-hybridized carbons (Fsp3) is 0.438. The number of aromatic nitrogens is 1. The molecule has 21 heavy (non-hydrogen) atoms. The molecule has 5 heteroatoms. The van der Waals surface area contributed by atoms with Gasteiger partial charge >= 0.3 is 0 Å². The van der Waals surface area contributed by atoms with E-state index in [1.165, 1.54) is 0 Å². The summed E-state index contributed by atoms with van der Waals surface area (Å²) in [5, 5.41) is 3.02. The number of thiazole rings is 1. The third kappa shape index (κ3) is 2.89. The van der Waals surface area contributed by atoms with E-state index in [4.69, 9.17) is 20.2 Å². The first-order valence-corrected chi connectivity index (χ1v) is 8.13. The Balaban J connectivity index is 1.92. The summed E-state index contributed by atoms with van der Waals surface area (Å²) >= 11 is 1.61. The lowest BCUT2D eigenvalue weighted by molar-refractivity contribution is 0.297. The van der Waals surface area contributed by atoms with Crippen molar-refractivity contribution in [3.8, 4) is 22.8 Å². The zero-order chi connectivity index (χ0) is 14.9. The number of ether oxygens (including phenoxy) is 2. The average Bonchev–Trinajstić information content (AvgIpc) is 2.87. The summed E-state index contributed by atoms with van der Waals surface area (Å²) in [4.78, 5) is 4.69. The summed E-state index contributed by atoms with van der Waals surface area (Å²) in [6.07, 6.45) is 1.77. The highest BCUT2D eigenvalue weighted by Gasteiger charge is 2.23. The van der Waals surface area contributed by atoms with E-state index in [0.29, 0.717) is 13.2 Å². The zero-order valence-electron chi connectivity index (χ0n) is 12.4. The van der Waals surface area contributed by atoms with Crippen LogP contribution in [0.25, 0.3) is 11.3 Å². The van der Waals surface area contributed by atoms with Crippen LogP contribution in [-0.4, -0.2) is 18.2 Å². The Morgan fingerprint density at radius 2 is 2.05 bits per heavy atom. The van der Waals surface area contributed by atoms with E-state index in [1.54, 1.807) is 11.3 Å². The number of hydrogen-bond acceptors (Lipinski definition) is 5. The molecule has 112 valence electrons. The SMILES string of the molecule is CCC(C)(N)c1nc(-c2ccc3c(c2)OCCCO3)cs1. The van der Waals surface area contributed by atoms with E-state index in [2.05, 4.69) is 12.3 Å². The van der Waals surface area contributed by atoms with Crippen molar-refractivity contribution in [3.63, 3.8) is 0 Å². The quantitative estimate of drug-likeness (QED) is 0.942. The molecule has 2 N–H and O–H groups in total. The molecule has 2 heterocycles. The molecule has 1 aromatic heterocycles. The van der Waals surface area contributed by atoms with E-state index in [-0.39, 0.29) is 5.54 Å². The van der Waals surface area contributed by atoms with Crippen LogP contribution in [0.2, 0.25) is 0 Å².